The van der Waals surface area contributed by atoms with Gasteiger partial charge >= 0.3 is 0 Å². The van der Waals surface area contributed by atoms with Crippen LogP contribution in [-0.4, -0.2) is 70.2 Å². The number of phenolic OH excluding ortho intramolecular Hbond substituents is 1. The van der Waals surface area contributed by atoms with Crippen molar-refractivity contribution < 1.29 is 19.4 Å². The highest BCUT2D eigenvalue weighted by atomic mass is 35.5. The van der Waals surface area contributed by atoms with E-state index in [4.69, 9.17) is 16.3 Å². The largest absolute Gasteiger partial charge is 0.508 e. The molecule has 3 heterocycles. The predicted octanol–water partition coefficient (Wildman–Crippen LogP) is 7.66. The van der Waals surface area contributed by atoms with Gasteiger partial charge in [0.05, 0.1) is 18.8 Å². The number of rotatable bonds is 7. The summed E-state index contributed by atoms with van der Waals surface area (Å²) in [5.74, 6) is -0.185. The number of ether oxygens (including phenoxy) is 1. The third kappa shape index (κ3) is 7.02. The summed E-state index contributed by atoms with van der Waals surface area (Å²) in [6.45, 7) is 6.26. The standard InChI is InChI=1S/C40H39ClN4O4.ClH/c1-27-36(40(48)45(31-10-4-3-5-11-31)32-13-15-34(46)16-14-32)24-38(42(27)2)37-23-30(41)12-17-35(37)39(47)44-25-29-9-7-6-8-28(29)22-33(44)26-43-18-20-49-21-19-43;/h3-17,23-24,33,46H,18-22,25-26H2,1-2H3;1H/t33-;/m0./s1. The minimum atomic E-state index is -0.232. The number of para-hydroxylation sites is 1. The molecular weight excluding hydrogens is 671 g/mol. The van der Waals surface area contributed by atoms with Crippen LogP contribution in [0.25, 0.3) is 11.3 Å². The number of benzene rings is 4. The van der Waals surface area contributed by atoms with E-state index in [1.165, 1.54) is 5.56 Å². The fourth-order valence-electron chi connectivity index (χ4n) is 7.00. The minimum absolute atomic E-state index is 0. The van der Waals surface area contributed by atoms with Crippen LogP contribution >= 0.6 is 24.0 Å². The van der Waals surface area contributed by atoms with Crippen LogP contribution in [0.1, 0.15) is 37.5 Å². The van der Waals surface area contributed by atoms with E-state index in [-0.39, 0.29) is 36.0 Å². The maximum Gasteiger partial charge on any atom is 0.264 e. The Kier molecular flexibility index (Phi) is 10.6. The first-order valence-corrected chi connectivity index (χ1v) is 17.0. The van der Waals surface area contributed by atoms with E-state index >= 15 is 0 Å². The Hall–Kier alpha value is -4.60. The van der Waals surface area contributed by atoms with Crippen LogP contribution in [0, 0.1) is 6.92 Å². The van der Waals surface area contributed by atoms with Gasteiger partial charge in [-0.05, 0) is 85.1 Å². The third-order valence-electron chi connectivity index (χ3n) is 9.77. The molecule has 0 bridgehead atoms. The molecule has 2 aliphatic heterocycles. The van der Waals surface area contributed by atoms with Crippen molar-refractivity contribution in [3.8, 4) is 17.0 Å². The van der Waals surface area contributed by atoms with Crippen LogP contribution in [-0.2, 0) is 24.8 Å². The molecule has 0 radical (unpaired) electrons. The second-order valence-electron chi connectivity index (χ2n) is 12.7. The molecule has 0 unspecified atom stereocenters. The Morgan fingerprint density at radius 2 is 1.52 bits per heavy atom. The summed E-state index contributed by atoms with van der Waals surface area (Å²) in [6, 6.07) is 31.6. The van der Waals surface area contributed by atoms with Crippen LogP contribution < -0.4 is 4.90 Å². The van der Waals surface area contributed by atoms with Crippen molar-refractivity contribution in [2.24, 2.45) is 7.05 Å². The third-order valence-corrected chi connectivity index (χ3v) is 10.0. The van der Waals surface area contributed by atoms with Gasteiger partial charge in [0.2, 0.25) is 0 Å². The number of hydrogen-bond acceptors (Lipinski definition) is 5. The van der Waals surface area contributed by atoms with Gasteiger partial charge < -0.3 is 19.3 Å². The van der Waals surface area contributed by atoms with Crippen molar-refractivity contribution in [2.75, 3.05) is 37.7 Å². The van der Waals surface area contributed by atoms with Gasteiger partial charge in [0.15, 0.2) is 0 Å². The molecule has 0 saturated carbocycles. The molecule has 1 N–H and O–H groups in total. The molecule has 1 saturated heterocycles. The molecule has 0 aliphatic carbocycles. The first-order valence-electron chi connectivity index (χ1n) is 16.6. The predicted molar refractivity (Wildman–Crippen MR) is 200 cm³/mol. The van der Waals surface area contributed by atoms with Crippen LogP contribution in [0.15, 0.2) is 103 Å². The summed E-state index contributed by atoms with van der Waals surface area (Å²) >= 11 is 6.62. The monoisotopic (exact) mass is 710 g/mol. The van der Waals surface area contributed by atoms with Crippen LogP contribution in [0.4, 0.5) is 11.4 Å². The van der Waals surface area contributed by atoms with E-state index in [1.54, 1.807) is 35.2 Å². The van der Waals surface area contributed by atoms with Crippen molar-refractivity contribution in [1.82, 2.24) is 14.4 Å². The number of hydrogen-bond donors (Lipinski definition) is 1. The van der Waals surface area contributed by atoms with E-state index in [2.05, 4.69) is 23.1 Å². The Bertz CT molecular complexity index is 1990. The molecule has 4 aromatic carbocycles. The SMILES string of the molecule is Cc1c(C(=O)N(c2ccccc2)c2ccc(O)cc2)cc(-c2cc(Cl)ccc2C(=O)N2Cc3ccccc3C[C@H]2CN2CCOCC2)n1C.Cl. The number of morpholine rings is 1. The van der Waals surface area contributed by atoms with Gasteiger partial charge in [-0.1, -0.05) is 54.1 Å². The summed E-state index contributed by atoms with van der Waals surface area (Å²) in [7, 11) is 1.91. The first kappa shape index (κ1) is 35.2. The molecule has 10 heteroatoms. The van der Waals surface area contributed by atoms with Gasteiger partial charge in [-0.2, -0.15) is 0 Å². The van der Waals surface area contributed by atoms with Gasteiger partial charge in [-0.3, -0.25) is 19.4 Å². The lowest BCUT2D eigenvalue weighted by Gasteiger charge is -2.40. The quantitative estimate of drug-likeness (QED) is 0.188. The highest BCUT2D eigenvalue weighted by Crippen LogP contribution is 2.36. The maximum absolute atomic E-state index is 14.7. The van der Waals surface area contributed by atoms with Crippen LogP contribution in [0.5, 0.6) is 5.75 Å². The van der Waals surface area contributed by atoms with Gasteiger partial charge in [0.25, 0.3) is 11.8 Å². The number of aromatic nitrogens is 1. The number of aromatic hydroxyl groups is 1. The molecule has 1 fully saturated rings. The Labute approximate surface area is 303 Å². The van der Waals surface area contributed by atoms with E-state index in [0.717, 1.165) is 37.3 Å². The number of carbonyl (C=O) groups excluding carboxylic acids is 2. The minimum Gasteiger partial charge on any atom is -0.508 e. The summed E-state index contributed by atoms with van der Waals surface area (Å²) in [5, 5.41) is 10.5. The molecule has 258 valence electrons. The van der Waals surface area contributed by atoms with Gasteiger partial charge in [0.1, 0.15) is 5.75 Å². The molecule has 7 rings (SSSR count). The van der Waals surface area contributed by atoms with Crippen molar-refractivity contribution >= 4 is 47.2 Å². The van der Waals surface area contributed by atoms with Crippen LogP contribution in [0.3, 0.4) is 0 Å². The molecule has 50 heavy (non-hydrogen) atoms. The smallest absolute Gasteiger partial charge is 0.264 e. The fourth-order valence-corrected chi connectivity index (χ4v) is 7.17. The lowest BCUT2D eigenvalue weighted by molar-refractivity contribution is 0.0193. The fraction of sp³-hybridized carbons (Fsp3) is 0.250. The van der Waals surface area contributed by atoms with Gasteiger partial charge in [-0.25, -0.2) is 0 Å². The number of fused-ring (bicyclic) bond motifs is 1. The van der Waals surface area contributed by atoms with E-state index < -0.39 is 0 Å². The zero-order valence-electron chi connectivity index (χ0n) is 28.1. The molecule has 2 aliphatic rings. The first-order chi connectivity index (χ1) is 23.8. The van der Waals surface area contributed by atoms with Crippen LogP contribution in [0.2, 0.25) is 5.02 Å². The Balaban J connectivity index is 0.00000432. The summed E-state index contributed by atoms with van der Waals surface area (Å²) < 4.78 is 7.55. The normalized spacial score (nSPS) is 16.0. The average Bonchev–Trinajstić information content (AvgIpc) is 3.42. The summed E-state index contributed by atoms with van der Waals surface area (Å²) in [5.41, 5.74) is 6.90. The van der Waals surface area contributed by atoms with Crippen molar-refractivity contribution in [3.05, 3.63) is 136 Å². The lowest BCUT2D eigenvalue weighted by atomic mass is 9.92. The van der Waals surface area contributed by atoms with E-state index in [0.29, 0.717) is 58.5 Å². The number of carbonyl (C=O) groups is 2. The van der Waals surface area contributed by atoms with E-state index in [1.807, 2.05) is 78.0 Å². The zero-order valence-corrected chi connectivity index (χ0v) is 29.7. The second kappa shape index (κ2) is 15.1. The second-order valence-corrected chi connectivity index (χ2v) is 13.2. The van der Waals surface area contributed by atoms with Crippen molar-refractivity contribution in [3.63, 3.8) is 0 Å². The molecular formula is C40H40Cl2N4O4. The Morgan fingerprint density at radius 3 is 2.24 bits per heavy atom. The summed E-state index contributed by atoms with van der Waals surface area (Å²) in [4.78, 5) is 35.2. The zero-order chi connectivity index (χ0) is 34.1. The van der Waals surface area contributed by atoms with Gasteiger partial charge in [0, 0.05) is 78.2 Å². The molecule has 8 nitrogen and oxygen atoms in total. The van der Waals surface area contributed by atoms with E-state index in [9.17, 15) is 14.7 Å². The molecule has 0 spiro atoms. The maximum atomic E-state index is 14.7. The number of anilines is 2. The van der Waals surface area contributed by atoms with Crippen molar-refractivity contribution in [1.29, 1.82) is 0 Å². The highest BCUT2D eigenvalue weighted by Gasteiger charge is 2.34. The number of halogens is 2. The van der Waals surface area contributed by atoms with Crippen molar-refractivity contribution in [2.45, 2.75) is 25.9 Å². The Morgan fingerprint density at radius 1 is 0.860 bits per heavy atom. The number of phenols is 1. The lowest BCUT2D eigenvalue weighted by Crippen LogP contribution is -2.52. The molecule has 2 amide bonds. The molecule has 1 atom stereocenters. The topological polar surface area (TPSA) is 78.2 Å². The average molecular weight is 712 g/mol. The number of amides is 2. The van der Waals surface area contributed by atoms with Gasteiger partial charge in [-0.15, -0.1) is 12.4 Å². The highest BCUT2D eigenvalue weighted by molar-refractivity contribution is 6.31. The summed E-state index contributed by atoms with van der Waals surface area (Å²) in [6.07, 6.45) is 0.774. The molecule has 5 aromatic rings. The number of nitrogens with zero attached hydrogens (tertiary/aromatic N) is 4. The molecule has 1 aromatic heterocycles.